The minimum absolute atomic E-state index is 0.183. The second-order valence-electron chi connectivity index (χ2n) is 7.40. The average Bonchev–Trinajstić information content (AvgIpc) is 2.84. The predicted octanol–water partition coefficient (Wildman–Crippen LogP) is 6.27. The van der Waals surface area contributed by atoms with Crippen LogP contribution < -0.4 is 20.1 Å². The highest BCUT2D eigenvalue weighted by molar-refractivity contribution is 6.32. The third-order valence-electron chi connectivity index (χ3n) is 4.96. The molecule has 0 radical (unpaired) electrons. The molecule has 0 bridgehead atoms. The average molecular weight is 493 g/mol. The van der Waals surface area contributed by atoms with Crippen LogP contribution in [0.25, 0.3) is 10.9 Å². The van der Waals surface area contributed by atoms with E-state index in [1.807, 2.05) is 6.92 Å². The fourth-order valence-electron chi connectivity index (χ4n) is 3.36. The molecule has 9 heteroatoms. The smallest absolute Gasteiger partial charge is 0.247 e. The number of benzene rings is 3. The van der Waals surface area contributed by atoms with Gasteiger partial charge in [-0.15, -0.1) is 0 Å². The molecule has 178 valence electrons. The van der Waals surface area contributed by atoms with Crippen molar-refractivity contribution in [3.05, 3.63) is 90.0 Å². The van der Waals surface area contributed by atoms with Gasteiger partial charge in [-0.1, -0.05) is 30.3 Å². The van der Waals surface area contributed by atoms with E-state index in [2.05, 4.69) is 27.2 Å². The number of nitrogens with zero attached hydrogens (tertiary/aromatic N) is 2. The van der Waals surface area contributed by atoms with Gasteiger partial charge in [0, 0.05) is 17.1 Å². The molecule has 2 N–H and O–H groups in total. The SMILES string of the molecule is C=CC(=O)Nc1cc2c(Nc3ccc(OCc4cccc(F)c4)c(Cl)c3)ncnc2cc1OCC. The monoisotopic (exact) mass is 492 g/mol. The molecule has 0 fully saturated rings. The highest BCUT2D eigenvalue weighted by atomic mass is 35.5. The van der Waals surface area contributed by atoms with Crippen molar-refractivity contribution in [3.63, 3.8) is 0 Å². The van der Waals surface area contributed by atoms with Crippen molar-refractivity contribution < 1.29 is 18.7 Å². The summed E-state index contributed by atoms with van der Waals surface area (Å²) in [5.74, 6) is 0.774. The second-order valence-corrected chi connectivity index (χ2v) is 7.81. The molecule has 0 aliphatic rings. The number of nitrogens with one attached hydrogen (secondary N) is 2. The fourth-order valence-corrected chi connectivity index (χ4v) is 3.60. The van der Waals surface area contributed by atoms with Crippen LogP contribution in [0.15, 0.2) is 73.6 Å². The molecule has 4 aromatic rings. The van der Waals surface area contributed by atoms with E-state index in [9.17, 15) is 9.18 Å². The van der Waals surface area contributed by atoms with Gasteiger partial charge >= 0.3 is 0 Å². The second kappa shape index (κ2) is 10.8. The van der Waals surface area contributed by atoms with E-state index < -0.39 is 0 Å². The van der Waals surface area contributed by atoms with Crippen LogP contribution in [0.2, 0.25) is 5.02 Å². The Morgan fingerprint density at radius 1 is 1.11 bits per heavy atom. The number of amides is 1. The molecule has 1 amide bonds. The maximum atomic E-state index is 13.4. The summed E-state index contributed by atoms with van der Waals surface area (Å²) in [6.07, 6.45) is 2.61. The number of carbonyl (C=O) groups is 1. The molecule has 0 unspecified atom stereocenters. The van der Waals surface area contributed by atoms with Crippen molar-refractivity contribution in [1.82, 2.24) is 9.97 Å². The van der Waals surface area contributed by atoms with Crippen LogP contribution in [0.1, 0.15) is 12.5 Å². The van der Waals surface area contributed by atoms with Gasteiger partial charge in [-0.25, -0.2) is 14.4 Å². The first-order valence-electron chi connectivity index (χ1n) is 10.8. The summed E-state index contributed by atoms with van der Waals surface area (Å²) in [6.45, 7) is 5.95. The Morgan fingerprint density at radius 2 is 1.97 bits per heavy atom. The fraction of sp³-hybridized carbons (Fsp3) is 0.115. The molecule has 0 saturated heterocycles. The highest BCUT2D eigenvalue weighted by Gasteiger charge is 2.13. The van der Waals surface area contributed by atoms with Crippen LogP contribution in [0.5, 0.6) is 11.5 Å². The molecule has 0 spiro atoms. The first kappa shape index (κ1) is 24.0. The van der Waals surface area contributed by atoms with Gasteiger partial charge in [0.2, 0.25) is 5.91 Å². The lowest BCUT2D eigenvalue weighted by molar-refractivity contribution is -0.111. The third kappa shape index (κ3) is 5.85. The van der Waals surface area contributed by atoms with Gasteiger partial charge in [0.25, 0.3) is 0 Å². The first-order chi connectivity index (χ1) is 17.0. The van der Waals surface area contributed by atoms with E-state index in [0.29, 0.717) is 56.8 Å². The van der Waals surface area contributed by atoms with Gasteiger partial charge in [-0.2, -0.15) is 0 Å². The zero-order valence-electron chi connectivity index (χ0n) is 18.8. The molecule has 7 nitrogen and oxygen atoms in total. The third-order valence-corrected chi connectivity index (χ3v) is 5.25. The van der Waals surface area contributed by atoms with Gasteiger partial charge < -0.3 is 20.1 Å². The number of halogens is 2. The van der Waals surface area contributed by atoms with Crippen molar-refractivity contribution in [1.29, 1.82) is 0 Å². The van der Waals surface area contributed by atoms with Gasteiger partial charge in [-0.05, 0) is 55.0 Å². The van der Waals surface area contributed by atoms with Crippen molar-refractivity contribution in [2.45, 2.75) is 13.5 Å². The molecule has 0 aliphatic carbocycles. The molecule has 3 aromatic carbocycles. The lowest BCUT2D eigenvalue weighted by Gasteiger charge is -2.15. The van der Waals surface area contributed by atoms with Crippen LogP contribution in [0, 0.1) is 5.82 Å². The number of ether oxygens (including phenoxy) is 2. The van der Waals surface area contributed by atoms with Crippen LogP contribution in [-0.2, 0) is 11.4 Å². The van der Waals surface area contributed by atoms with Gasteiger partial charge in [0.05, 0.1) is 22.8 Å². The standard InChI is InChI=1S/C26H22ClFN4O3/c1-3-25(33)32-22-12-19-21(13-24(22)34-4-2)29-15-30-26(19)31-18-8-9-23(20(27)11-18)35-14-16-6-5-7-17(28)10-16/h3,5-13,15H,1,4,14H2,2H3,(H,32,33)(H,29,30,31). The summed E-state index contributed by atoms with van der Waals surface area (Å²) in [5.41, 5.74) is 2.46. The molecule has 1 aromatic heterocycles. The number of fused-ring (bicyclic) bond motifs is 1. The van der Waals surface area contributed by atoms with Gasteiger partial charge in [-0.3, -0.25) is 4.79 Å². The quantitative estimate of drug-likeness (QED) is 0.268. The lowest BCUT2D eigenvalue weighted by atomic mass is 10.1. The number of anilines is 3. The van der Waals surface area contributed by atoms with Gasteiger partial charge in [0.15, 0.2) is 0 Å². The number of aromatic nitrogens is 2. The van der Waals surface area contributed by atoms with Crippen molar-refractivity contribution in [3.8, 4) is 11.5 Å². The zero-order valence-corrected chi connectivity index (χ0v) is 19.6. The lowest BCUT2D eigenvalue weighted by Crippen LogP contribution is -2.09. The van der Waals surface area contributed by atoms with E-state index >= 15 is 0 Å². The Kier molecular flexibility index (Phi) is 7.42. The maximum absolute atomic E-state index is 13.4. The molecule has 0 atom stereocenters. The topological polar surface area (TPSA) is 85.4 Å². The minimum atomic E-state index is -0.364. The Balaban J connectivity index is 1.58. The molecule has 4 rings (SSSR count). The van der Waals surface area contributed by atoms with E-state index in [0.717, 1.165) is 0 Å². The summed E-state index contributed by atoms with van der Waals surface area (Å²) in [6, 6.07) is 14.9. The summed E-state index contributed by atoms with van der Waals surface area (Å²) >= 11 is 6.42. The molecular formula is C26H22ClFN4O3. The highest BCUT2D eigenvalue weighted by Crippen LogP contribution is 2.35. The van der Waals surface area contributed by atoms with Gasteiger partial charge in [0.1, 0.15) is 36.1 Å². The van der Waals surface area contributed by atoms with E-state index in [4.69, 9.17) is 21.1 Å². The normalized spacial score (nSPS) is 10.6. The van der Waals surface area contributed by atoms with Crippen LogP contribution in [0.3, 0.4) is 0 Å². The zero-order chi connectivity index (χ0) is 24.8. The van der Waals surface area contributed by atoms with Crippen LogP contribution in [0.4, 0.5) is 21.6 Å². The van der Waals surface area contributed by atoms with Crippen molar-refractivity contribution in [2.24, 2.45) is 0 Å². The Bertz CT molecular complexity index is 1400. The molecular weight excluding hydrogens is 471 g/mol. The number of hydrogen-bond donors (Lipinski definition) is 2. The predicted molar refractivity (Wildman–Crippen MR) is 135 cm³/mol. The summed E-state index contributed by atoms with van der Waals surface area (Å²) < 4.78 is 24.8. The van der Waals surface area contributed by atoms with Crippen LogP contribution in [-0.4, -0.2) is 22.5 Å². The van der Waals surface area contributed by atoms with E-state index in [-0.39, 0.29) is 18.3 Å². The van der Waals surface area contributed by atoms with E-state index in [1.165, 1.54) is 24.5 Å². The van der Waals surface area contributed by atoms with Crippen molar-refractivity contribution in [2.75, 3.05) is 17.2 Å². The Labute approximate surface area is 206 Å². The molecule has 0 aliphatic heterocycles. The maximum Gasteiger partial charge on any atom is 0.247 e. The number of carbonyl (C=O) groups excluding carboxylic acids is 1. The molecule has 0 saturated carbocycles. The Morgan fingerprint density at radius 3 is 2.71 bits per heavy atom. The number of hydrogen-bond acceptors (Lipinski definition) is 6. The summed E-state index contributed by atoms with van der Waals surface area (Å²) in [4.78, 5) is 20.6. The largest absolute Gasteiger partial charge is 0.492 e. The van der Waals surface area contributed by atoms with Crippen molar-refractivity contribution >= 4 is 45.6 Å². The summed E-state index contributed by atoms with van der Waals surface area (Å²) in [7, 11) is 0. The molecule has 1 heterocycles. The van der Waals surface area contributed by atoms with Crippen LogP contribution >= 0.6 is 11.6 Å². The molecule has 35 heavy (non-hydrogen) atoms. The van der Waals surface area contributed by atoms with E-state index in [1.54, 1.807) is 42.5 Å². The minimum Gasteiger partial charge on any atom is -0.492 e. The first-order valence-corrected chi connectivity index (χ1v) is 11.1. The Hall–Kier alpha value is -4.17. The number of rotatable bonds is 9. The summed E-state index contributed by atoms with van der Waals surface area (Å²) in [5, 5.41) is 7.02.